The molecule has 0 bridgehead atoms. The van der Waals surface area contributed by atoms with E-state index in [1.165, 1.54) is 0 Å². The van der Waals surface area contributed by atoms with Crippen molar-refractivity contribution in [1.82, 2.24) is 10.2 Å². The Morgan fingerprint density at radius 2 is 2.00 bits per heavy atom. The van der Waals surface area contributed by atoms with E-state index in [-0.39, 0.29) is 5.91 Å². The maximum atomic E-state index is 12.4. The van der Waals surface area contributed by atoms with E-state index in [1.54, 1.807) is 0 Å². The van der Waals surface area contributed by atoms with Crippen LogP contribution in [0, 0.1) is 5.92 Å². The van der Waals surface area contributed by atoms with Gasteiger partial charge in [-0.1, -0.05) is 37.3 Å². The number of carbonyl (C=O) groups excluding carboxylic acids is 1. The van der Waals surface area contributed by atoms with Crippen molar-refractivity contribution in [2.75, 3.05) is 26.2 Å². The van der Waals surface area contributed by atoms with Crippen LogP contribution in [0.5, 0.6) is 0 Å². The summed E-state index contributed by atoms with van der Waals surface area (Å²) in [7, 11) is 0. The molecule has 0 aromatic heterocycles. The number of piperidine rings is 1. The molecule has 116 valence electrons. The predicted octanol–water partition coefficient (Wildman–Crippen LogP) is 1.40. The second-order valence-electron chi connectivity index (χ2n) is 5.87. The van der Waals surface area contributed by atoms with Crippen molar-refractivity contribution in [3.05, 3.63) is 35.9 Å². The molecule has 1 atom stereocenters. The predicted molar refractivity (Wildman–Crippen MR) is 86.0 cm³/mol. The lowest BCUT2D eigenvalue weighted by Crippen LogP contribution is -2.48. The van der Waals surface area contributed by atoms with Gasteiger partial charge >= 0.3 is 0 Å². The first-order valence-electron chi connectivity index (χ1n) is 7.99. The second kappa shape index (κ2) is 8.15. The third-order valence-electron chi connectivity index (χ3n) is 4.22. The van der Waals surface area contributed by atoms with Gasteiger partial charge in [0.05, 0.1) is 6.04 Å². The van der Waals surface area contributed by atoms with E-state index in [4.69, 9.17) is 5.73 Å². The van der Waals surface area contributed by atoms with Crippen LogP contribution in [0.4, 0.5) is 0 Å². The van der Waals surface area contributed by atoms with Crippen molar-refractivity contribution in [2.45, 2.75) is 32.2 Å². The Morgan fingerprint density at radius 3 is 2.62 bits per heavy atom. The fourth-order valence-corrected chi connectivity index (χ4v) is 2.90. The summed E-state index contributed by atoms with van der Waals surface area (Å²) in [6.07, 6.45) is 2.78. The van der Waals surface area contributed by atoms with Crippen LogP contribution in [0.25, 0.3) is 0 Å². The molecule has 1 aromatic rings. The van der Waals surface area contributed by atoms with Crippen LogP contribution in [0.2, 0.25) is 0 Å². The first-order valence-corrected chi connectivity index (χ1v) is 7.99. The molecule has 4 nitrogen and oxygen atoms in total. The van der Waals surface area contributed by atoms with Gasteiger partial charge in [-0.25, -0.2) is 0 Å². The Bertz CT molecular complexity index is 427. The molecule has 1 fully saturated rings. The number of nitrogens with two attached hydrogens (primary N) is 1. The van der Waals surface area contributed by atoms with Crippen LogP contribution < -0.4 is 11.1 Å². The number of carbonyl (C=O) groups is 1. The van der Waals surface area contributed by atoms with Crippen molar-refractivity contribution >= 4 is 5.91 Å². The Kier molecular flexibility index (Phi) is 6.21. The zero-order valence-electron chi connectivity index (χ0n) is 12.9. The van der Waals surface area contributed by atoms with E-state index in [0.29, 0.717) is 12.3 Å². The van der Waals surface area contributed by atoms with Gasteiger partial charge in [0.2, 0.25) is 5.91 Å². The zero-order chi connectivity index (χ0) is 15.1. The highest BCUT2D eigenvalue weighted by atomic mass is 16.2. The summed E-state index contributed by atoms with van der Waals surface area (Å²) in [5, 5.41) is 3.39. The molecule has 1 aromatic carbocycles. The molecule has 21 heavy (non-hydrogen) atoms. The molecule has 1 saturated heterocycles. The molecule has 1 aliphatic rings. The molecule has 0 unspecified atom stereocenters. The number of amides is 1. The lowest BCUT2D eigenvalue weighted by Gasteiger charge is -2.33. The van der Waals surface area contributed by atoms with Crippen LogP contribution in [-0.2, 0) is 11.2 Å². The smallest absolute Gasteiger partial charge is 0.239 e. The van der Waals surface area contributed by atoms with E-state index in [9.17, 15) is 4.79 Å². The zero-order valence-corrected chi connectivity index (χ0v) is 12.9. The van der Waals surface area contributed by atoms with Gasteiger partial charge in [0.1, 0.15) is 0 Å². The number of hydrogen-bond donors (Lipinski definition) is 2. The highest BCUT2D eigenvalue weighted by molar-refractivity contribution is 5.82. The minimum atomic E-state index is -0.419. The maximum absolute atomic E-state index is 12.4. The third-order valence-corrected chi connectivity index (χ3v) is 4.22. The molecule has 0 spiro atoms. The van der Waals surface area contributed by atoms with E-state index >= 15 is 0 Å². The third kappa shape index (κ3) is 4.83. The molecule has 1 amide bonds. The average molecular weight is 289 g/mol. The number of likely N-dealkylation sites (tertiary alicyclic amines) is 1. The van der Waals surface area contributed by atoms with Crippen molar-refractivity contribution in [1.29, 1.82) is 0 Å². The molecule has 1 aliphatic heterocycles. The van der Waals surface area contributed by atoms with Crippen LogP contribution in [0.1, 0.15) is 25.3 Å². The summed E-state index contributed by atoms with van der Waals surface area (Å²) in [5.74, 6) is 0.792. The van der Waals surface area contributed by atoms with Crippen molar-refractivity contribution in [3.63, 3.8) is 0 Å². The van der Waals surface area contributed by atoms with Crippen LogP contribution >= 0.6 is 0 Å². The Labute approximate surface area is 127 Å². The maximum Gasteiger partial charge on any atom is 0.239 e. The van der Waals surface area contributed by atoms with Crippen LogP contribution in [0.3, 0.4) is 0 Å². The molecule has 1 heterocycles. The molecular weight excluding hydrogens is 262 g/mol. The first kappa shape index (κ1) is 16.0. The Balaban J connectivity index is 1.78. The number of rotatable bonds is 6. The van der Waals surface area contributed by atoms with E-state index in [1.807, 2.05) is 35.2 Å². The molecule has 0 radical (unpaired) electrons. The molecule has 0 aliphatic carbocycles. The summed E-state index contributed by atoms with van der Waals surface area (Å²) in [5.41, 5.74) is 7.22. The van der Waals surface area contributed by atoms with Gasteiger partial charge in [0.15, 0.2) is 0 Å². The number of hydrogen-bond acceptors (Lipinski definition) is 3. The van der Waals surface area contributed by atoms with Gasteiger partial charge in [-0.05, 0) is 43.8 Å². The fraction of sp³-hybridized carbons (Fsp3) is 0.588. The van der Waals surface area contributed by atoms with Gasteiger partial charge in [-0.15, -0.1) is 0 Å². The van der Waals surface area contributed by atoms with Crippen LogP contribution in [0.15, 0.2) is 30.3 Å². The van der Waals surface area contributed by atoms with Gasteiger partial charge in [-0.2, -0.15) is 0 Å². The highest BCUT2D eigenvalue weighted by Gasteiger charge is 2.26. The average Bonchev–Trinajstić information content (AvgIpc) is 2.53. The Morgan fingerprint density at radius 1 is 1.33 bits per heavy atom. The minimum Gasteiger partial charge on any atom is -0.341 e. The van der Waals surface area contributed by atoms with Crippen molar-refractivity contribution < 1.29 is 4.79 Å². The van der Waals surface area contributed by atoms with Crippen molar-refractivity contribution in [3.8, 4) is 0 Å². The van der Waals surface area contributed by atoms with E-state index < -0.39 is 6.04 Å². The summed E-state index contributed by atoms with van der Waals surface area (Å²) in [4.78, 5) is 14.3. The second-order valence-corrected chi connectivity index (χ2v) is 5.87. The lowest BCUT2D eigenvalue weighted by molar-refractivity contribution is -0.133. The molecule has 0 saturated carbocycles. The number of benzene rings is 1. The van der Waals surface area contributed by atoms with Gasteiger partial charge < -0.3 is 16.0 Å². The quantitative estimate of drug-likeness (QED) is 0.832. The van der Waals surface area contributed by atoms with E-state index in [0.717, 1.165) is 44.6 Å². The van der Waals surface area contributed by atoms with Gasteiger partial charge in [0, 0.05) is 13.1 Å². The molecule has 4 heteroatoms. The minimum absolute atomic E-state index is 0.0979. The highest BCUT2D eigenvalue weighted by Crippen LogP contribution is 2.17. The summed E-state index contributed by atoms with van der Waals surface area (Å²) in [6, 6.07) is 9.58. The van der Waals surface area contributed by atoms with Gasteiger partial charge in [0.25, 0.3) is 0 Å². The Hall–Kier alpha value is -1.39. The summed E-state index contributed by atoms with van der Waals surface area (Å²) >= 11 is 0. The SMILES string of the molecule is CCNCC1CCN(C(=O)[C@@H](N)Cc2ccccc2)CC1. The molecule has 3 N–H and O–H groups in total. The monoisotopic (exact) mass is 289 g/mol. The summed E-state index contributed by atoms with van der Waals surface area (Å²) < 4.78 is 0. The van der Waals surface area contributed by atoms with Crippen LogP contribution in [-0.4, -0.2) is 43.0 Å². The largest absolute Gasteiger partial charge is 0.341 e. The van der Waals surface area contributed by atoms with Crippen molar-refractivity contribution in [2.24, 2.45) is 11.7 Å². The lowest BCUT2D eigenvalue weighted by atomic mass is 9.95. The fourth-order valence-electron chi connectivity index (χ4n) is 2.90. The molecule has 2 rings (SSSR count). The normalized spacial score (nSPS) is 17.7. The first-order chi connectivity index (χ1) is 10.2. The van der Waals surface area contributed by atoms with E-state index in [2.05, 4.69) is 12.2 Å². The number of nitrogens with zero attached hydrogens (tertiary/aromatic N) is 1. The topological polar surface area (TPSA) is 58.4 Å². The molecular formula is C17H27N3O. The summed E-state index contributed by atoms with van der Waals surface area (Å²) in [6.45, 7) is 5.89. The standard InChI is InChI=1S/C17H27N3O/c1-2-19-13-15-8-10-20(11-9-15)17(21)16(18)12-14-6-4-3-5-7-14/h3-7,15-16,19H,2,8-13,18H2,1H3/t16-/m0/s1. The van der Waals surface area contributed by atoms with Gasteiger partial charge in [-0.3, -0.25) is 4.79 Å². The number of nitrogens with one attached hydrogen (secondary N) is 1.